The molecule has 0 radical (unpaired) electrons. The van der Waals surface area contributed by atoms with Crippen molar-refractivity contribution < 1.29 is 38.8 Å². The third kappa shape index (κ3) is 9.07. The molecule has 0 atom stereocenters. The minimum Gasteiger partial charge on any atom is -0.481 e. The van der Waals surface area contributed by atoms with Gasteiger partial charge >= 0.3 is 5.97 Å². The molecule has 0 bridgehead atoms. The van der Waals surface area contributed by atoms with Crippen molar-refractivity contribution in [3.05, 3.63) is 70.8 Å². The summed E-state index contributed by atoms with van der Waals surface area (Å²) in [4.78, 5) is 34.0. The van der Waals surface area contributed by atoms with Crippen molar-refractivity contribution in [1.29, 1.82) is 0 Å². The molecule has 1 aliphatic carbocycles. The second-order valence-corrected chi connectivity index (χ2v) is 6.57. The lowest BCUT2D eigenvalue weighted by Gasteiger charge is -2.16. The third-order valence-corrected chi connectivity index (χ3v) is 4.24. The van der Waals surface area contributed by atoms with Gasteiger partial charge in [0, 0.05) is 49.5 Å². The van der Waals surface area contributed by atoms with Crippen molar-refractivity contribution in [2.75, 3.05) is 47.3 Å². The zero-order valence-electron chi connectivity index (χ0n) is 18.4. The maximum Gasteiger partial charge on any atom is 0.303 e. The van der Waals surface area contributed by atoms with Gasteiger partial charge in [-0.1, -0.05) is 48.5 Å². The number of carbonyl (C=O) groups excluding carboxylic acids is 2. The van der Waals surface area contributed by atoms with Gasteiger partial charge in [-0.05, 0) is 6.42 Å². The molecule has 2 aromatic rings. The maximum absolute atomic E-state index is 12.1. The predicted octanol–water partition coefficient (Wildman–Crippen LogP) is 2.60. The van der Waals surface area contributed by atoms with Crippen LogP contribution in [0, 0.1) is 0 Å². The minimum atomic E-state index is -0.762. The molecule has 174 valence electrons. The number of carbonyl (C=O) groups is 3. The van der Waals surface area contributed by atoms with Gasteiger partial charge in [-0.25, -0.2) is 0 Å². The fraction of sp³-hybridized carbons (Fsp3) is 0.375. The van der Waals surface area contributed by atoms with Crippen LogP contribution in [0.3, 0.4) is 0 Å². The molecular formula is C24H30O8. The van der Waals surface area contributed by atoms with E-state index >= 15 is 0 Å². The van der Waals surface area contributed by atoms with Crippen molar-refractivity contribution in [1.82, 2.24) is 0 Å². The van der Waals surface area contributed by atoms with Crippen LogP contribution in [0.5, 0.6) is 0 Å². The molecule has 0 aliphatic heterocycles. The van der Waals surface area contributed by atoms with Crippen LogP contribution in [0.2, 0.25) is 0 Å². The van der Waals surface area contributed by atoms with Gasteiger partial charge < -0.3 is 24.4 Å². The monoisotopic (exact) mass is 446 g/mol. The first-order chi connectivity index (χ1) is 15.5. The Hall–Kier alpha value is -2.91. The van der Waals surface area contributed by atoms with Gasteiger partial charge in [-0.3, -0.25) is 14.4 Å². The third-order valence-electron chi connectivity index (χ3n) is 4.24. The Balaban J connectivity index is 0.000000273. The van der Waals surface area contributed by atoms with Crippen molar-refractivity contribution in [2.24, 2.45) is 0 Å². The van der Waals surface area contributed by atoms with E-state index in [0.29, 0.717) is 55.1 Å². The van der Waals surface area contributed by atoms with Crippen molar-refractivity contribution in [3.8, 4) is 0 Å². The Kier molecular flexibility index (Phi) is 13.4. The van der Waals surface area contributed by atoms with E-state index in [1.54, 1.807) is 62.8 Å². The van der Waals surface area contributed by atoms with Crippen molar-refractivity contribution in [3.63, 3.8) is 0 Å². The molecule has 1 aliphatic rings. The summed E-state index contributed by atoms with van der Waals surface area (Å²) in [6.07, 6.45) is 0.805. The summed E-state index contributed by atoms with van der Waals surface area (Å²) < 4.78 is 14.2. The molecule has 0 heterocycles. The van der Waals surface area contributed by atoms with E-state index in [1.807, 2.05) is 0 Å². The average molecular weight is 446 g/mol. The molecule has 0 spiro atoms. The summed E-state index contributed by atoms with van der Waals surface area (Å²) in [6.45, 7) is 2.19. The number of hydrogen-bond donors (Lipinski definition) is 2. The van der Waals surface area contributed by atoms with Crippen LogP contribution in [0.4, 0.5) is 0 Å². The van der Waals surface area contributed by atoms with Gasteiger partial charge in [0.25, 0.3) is 0 Å². The van der Waals surface area contributed by atoms with E-state index < -0.39 is 5.97 Å². The Bertz CT molecular complexity index is 751. The lowest BCUT2D eigenvalue weighted by atomic mass is 9.84. The first-order valence-corrected chi connectivity index (χ1v) is 10.1. The largest absolute Gasteiger partial charge is 0.481 e. The summed E-state index contributed by atoms with van der Waals surface area (Å²) in [7, 11) is 3.17. The number of carboxylic acid groups (broad SMARTS) is 1. The minimum absolute atomic E-state index is 0.0641. The Labute approximate surface area is 187 Å². The van der Waals surface area contributed by atoms with Crippen molar-refractivity contribution >= 4 is 17.5 Å². The molecule has 0 saturated heterocycles. The predicted molar refractivity (Wildman–Crippen MR) is 118 cm³/mol. The van der Waals surface area contributed by atoms with Crippen LogP contribution in [-0.2, 0) is 19.0 Å². The molecule has 0 unspecified atom stereocenters. The number of aliphatic hydroxyl groups excluding tert-OH is 1. The number of aliphatic hydroxyl groups is 1. The standard InChI is InChI=1S/C14H8O2.C5H12O3.C5H10O3/c15-13-9-5-1-2-6-10(9)14(16)12-8-4-3-7-11(12)13;1-7-4-5-8-3-2-6;1-8-4-2-3-5(6)7/h1-8H;6H,2-5H2,1H3;2-4H2,1H3,(H,6,7). The van der Waals surface area contributed by atoms with E-state index in [9.17, 15) is 14.4 Å². The lowest BCUT2D eigenvalue weighted by Crippen LogP contribution is -2.20. The highest BCUT2D eigenvalue weighted by molar-refractivity contribution is 6.28. The summed E-state index contributed by atoms with van der Waals surface area (Å²) in [5.41, 5.74) is 2.02. The highest BCUT2D eigenvalue weighted by atomic mass is 16.5. The van der Waals surface area contributed by atoms with E-state index in [1.165, 1.54) is 0 Å². The number of ether oxygens (including phenoxy) is 3. The second-order valence-electron chi connectivity index (χ2n) is 6.57. The molecule has 0 aromatic heterocycles. The Morgan fingerprint density at radius 2 is 1.19 bits per heavy atom. The van der Waals surface area contributed by atoms with Gasteiger partial charge in [0.15, 0.2) is 11.6 Å². The van der Waals surface area contributed by atoms with Crippen LogP contribution in [0.25, 0.3) is 0 Å². The maximum atomic E-state index is 12.1. The van der Waals surface area contributed by atoms with Crippen LogP contribution in [-0.4, -0.2) is 75.0 Å². The fourth-order valence-corrected chi connectivity index (χ4v) is 2.73. The van der Waals surface area contributed by atoms with Gasteiger partial charge in [-0.15, -0.1) is 0 Å². The quantitative estimate of drug-likeness (QED) is 0.482. The summed E-state index contributed by atoms with van der Waals surface area (Å²) in [5.74, 6) is -0.890. The smallest absolute Gasteiger partial charge is 0.303 e. The fourth-order valence-electron chi connectivity index (χ4n) is 2.73. The SMILES string of the molecule is COCCCC(=O)O.COCCOCCO.O=C1c2ccccc2C(=O)c2ccccc21. The number of fused-ring (bicyclic) bond motifs is 2. The molecule has 2 aromatic carbocycles. The molecule has 3 rings (SSSR count). The zero-order chi connectivity index (χ0) is 23.8. The number of hydrogen-bond acceptors (Lipinski definition) is 7. The van der Waals surface area contributed by atoms with E-state index in [0.717, 1.165) is 0 Å². The van der Waals surface area contributed by atoms with Gasteiger partial charge in [0.05, 0.1) is 26.4 Å². The van der Waals surface area contributed by atoms with Gasteiger partial charge in [-0.2, -0.15) is 0 Å². The topological polar surface area (TPSA) is 119 Å². The van der Waals surface area contributed by atoms with E-state index in [4.69, 9.17) is 14.9 Å². The normalized spacial score (nSPS) is 11.3. The molecule has 0 saturated carbocycles. The van der Waals surface area contributed by atoms with Crippen LogP contribution < -0.4 is 0 Å². The number of ketones is 2. The number of aliphatic carboxylic acids is 1. The van der Waals surface area contributed by atoms with E-state index in [-0.39, 0.29) is 24.6 Å². The van der Waals surface area contributed by atoms with Gasteiger partial charge in [0.2, 0.25) is 0 Å². The highest BCUT2D eigenvalue weighted by Gasteiger charge is 2.28. The molecule has 0 fully saturated rings. The van der Waals surface area contributed by atoms with Crippen molar-refractivity contribution in [2.45, 2.75) is 12.8 Å². The Morgan fingerprint density at radius 1 is 0.750 bits per heavy atom. The molecule has 2 N–H and O–H groups in total. The summed E-state index contributed by atoms with van der Waals surface area (Å²) in [6, 6.07) is 13.9. The summed E-state index contributed by atoms with van der Waals surface area (Å²) >= 11 is 0. The first kappa shape index (κ1) is 27.1. The molecule has 8 nitrogen and oxygen atoms in total. The van der Waals surface area contributed by atoms with Gasteiger partial charge in [0.1, 0.15) is 0 Å². The Morgan fingerprint density at radius 3 is 1.53 bits per heavy atom. The average Bonchev–Trinajstić information content (AvgIpc) is 2.81. The second kappa shape index (κ2) is 15.8. The number of methoxy groups -OCH3 is 2. The zero-order valence-corrected chi connectivity index (χ0v) is 18.4. The van der Waals surface area contributed by atoms with Crippen LogP contribution >= 0.6 is 0 Å². The summed E-state index contributed by atoms with van der Waals surface area (Å²) in [5, 5.41) is 16.3. The number of rotatable bonds is 9. The number of carboxylic acids is 1. The van der Waals surface area contributed by atoms with Crippen LogP contribution in [0.15, 0.2) is 48.5 Å². The number of benzene rings is 2. The highest BCUT2D eigenvalue weighted by Crippen LogP contribution is 2.26. The molecule has 8 heteroatoms. The molecule has 0 amide bonds. The van der Waals surface area contributed by atoms with Crippen LogP contribution in [0.1, 0.15) is 44.7 Å². The molecule has 32 heavy (non-hydrogen) atoms. The molecular weight excluding hydrogens is 416 g/mol. The first-order valence-electron chi connectivity index (χ1n) is 10.1. The lowest BCUT2D eigenvalue weighted by molar-refractivity contribution is -0.137. The van der Waals surface area contributed by atoms with E-state index in [2.05, 4.69) is 9.47 Å².